The molecule has 108 valence electrons. The van der Waals surface area contributed by atoms with Crippen LogP contribution in [0.1, 0.15) is 18.9 Å². The maximum atomic E-state index is 12.1. The number of nitrogens with two attached hydrogens (primary N) is 1. The lowest BCUT2D eigenvalue weighted by Crippen LogP contribution is -2.26. The topological polar surface area (TPSA) is 81.4 Å². The van der Waals surface area contributed by atoms with Crippen LogP contribution in [-0.4, -0.2) is 28.2 Å². The molecule has 7 heteroatoms. The molecule has 0 unspecified atom stereocenters. The first-order valence-corrected chi connectivity index (χ1v) is 7.87. The number of sulfonamides is 1. The monoisotopic (exact) mass is 306 g/mol. The van der Waals surface area contributed by atoms with Crippen molar-refractivity contribution in [1.29, 1.82) is 0 Å². The van der Waals surface area contributed by atoms with Crippen molar-refractivity contribution in [3.63, 3.8) is 0 Å². The molecule has 0 saturated heterocycles. The molecule has 1 rings (SSSR count). The van der Waals surface area contributed by atoms with Crippen LogP contribution in [0.15, 0.2) is 17.0 Å². The molecular weight excluding hydrogens is 288 g/mol. The number of rotatable bonds is 7. The molecule has 0 bridgehead atoms. The number of nitrogen functional groups attached to an aromatic ring is 1. The highest BCUT2D eigenvalue weighted by molar-refractivity contribution is 7.89. The minimum atomic E-state index is -3.59. The highest BCUT2D eigenvalue weighted by Gasteiger charge is 2.18. The van der Waals surface area contributed by atoms with E-state index in [2.05, 4.69) is 4.72 Å². The highest BCUT2D eigenvalue weighted by atomic mass is 35.5. The summed E-state index contributed by atoms with van der Waals surface area (Å²) < 4.78 is 31.9. The third-order valence-electron chi connectivity index (χ3n) is 2.62. The molecule has 0 aliphatic carbocycles. The Morgan fingerprint density at radius 3 is 2.74 bits per heavy atom. The van der Waals surface area contributed by atoms with Gasteiger partial charge in [0.1, 0.15) is 0 Å². The number of ether oxygens (including phenoxy) is 1. The fourth-order valence-corrected chi connectivity index (χ4v) is 3.22. The first-order valence-electron chi connectivity index (χ1n) is 6.01. The summed E-state index contributed by atoms with van der Waals surface area (Å²) in [6, 6.07) is 2.93. The zero-order chi connectivity index (χ0) is 14.5. The Morgan fingerprint density at radius 2 is 2.11 bits per heavy atom. The molecule has 0 aliphatic rings. The largest absolute Gasteiger partial charge is 0.398 e. The van der Waals surface area contributed by atoms with Crippen LogP contribution < -0.4 is 10.5 Å². The summed E-state index contributed by atoms with van der Waals surface area (Å²) in [7, 11) is -3.59. The van der Waals surface area contributed by atoms with Crippen molar-refractivity contribution in [2.24, 2.45) is 0 Å². The molecule has 0 radical (unpaired) electrons. The Kier molecular flexibility index (Phi) is 6.06. The lowest BCUT2D eigenvalue weighted by Gasteiger charge is -2.11. The van der Waals surface area contributed by atoms with Crippen LogP contribution in [0.3, 0.4) is 0 Å². The van der Waals surface area contributed by atoms with Crippen molar-refractivity contribution < 1.29 is 13.2 Å². The minimum Gasteiger partial charge on any atom is -0.398 e. The van der Waals surface area contributed by atoms with E-state index in [4.69, 9.17) is 22.1 Å². The van der Waals surface area contributed by atoms with Crippen molar-refractivity contribution >= 4 is 27.3 Å². The molecule has 0 aromatic heterocycles. The third kappa shape index (κ3) is 4.65. The SMILES string of the molecule is CCOCCCNS(=O)(=O)c1cc(Cl)cc(N)c1C. The summed E-state index contributed by atoms with van der Waals surface area (Å²) in [5.41, 5.74) is 6.58. The zero-order valence-electron chi connectivity index (χ0n) is 11.1. The standard InChI is InChI=1S/C12H19ClN2O3S/c1-3-18-6-4-5-15-19(16,17)12-8-10(13)7-11(14)9(12)2/h7-8,15H,3-6,14H2,1-2H3. The molecule has 0 aliphatic heterocycles. The van der Waals surface area contributed by atoms with Crippen molar-refractivity contribution in [1.82, 2.24) is 4.72 Å². The van der Waals surface area contributed by atoms with Gasteiger partial charge in [0, 0.05) is 30.5 Å². The second-order valence-electron chi connectivity index (χ2n) is 4.07. The van der Waals surface area contributed by atoms with E-state index in [0.29, 0.717) is 42.5 Å². The molecule has 5 nitrogen and oxygen atoms in total. The highest BCUT2D eigenvalue weighted by Crippen LogP contribution is 2.25. The molecule has 3 N–H and O–H groups in total. The van der Waals surface area contributed by atoms with Gasteiger partial charge < -0.3 is 10.5 Å². The second kappa shape index (κ2) is 7.09. The molecule has 0 saturated carbocycles. The van der Waals surface area contributed by atoms with Crippen molar-refractivity contribution in [2.45, 2.75) is 25.2 Å². The molecule has 0 fully saturated rings. The van der Waals surface area contributed by atoms with Gasteiger partial charge >= 0.3 is 0 Å². The van der Waals surface area contributed by atoms with Gasteiger partial charge in [0.25, 0.3) is 0 Å². The predicted octanol–water partition coefficient (Wildman–Crippen LogP) is 1.94. The second-order valence-corrected chi connectivity index (χ2v) is 6.24. The maximum absolute atomic E-state index is 12.1. The Bertz CT molecular complexity index is 532. The van der Waals surface area contributed by atoms with Crippen molar-refractivity contribution in [3.8, 4) is 0 Å². The van der Waals surface area contributed by atoms with Gasteiger partial charge in [-0.1, -0.05) is 11.6 Å². The van der Waals surface area contributed by atoms with Crippen molar-refractivity contribution in [3.05, 3.63) is 22.7 Å². The smallest absolute Gasteiger partial charge is 0.240 e. The van der Waals surface area contributed by atoms with Crippen LogP contribution in [-0.2, 0) is 14.8 Å². The van der Waals surface area contributed by atoms with Gasteiger partial charge in [-0.3, -0.25) is 0 Å². The van der Waals surface area contributed by atoms with Crippen LogP contribution in [0.5, 0.6) is 0 Å². The molecule has 0 amide bonds. The Morgan fingerprint density at radius 1 is 1.42 bits per heavy atom. The van der Waals surface area contributed by atoms with Crippen molar-refractivity contribution in [2.75, 3.05) is 25.5 Å². The van der Waals surface area contributed by atoms with Gasteiger partial charge in [0.05, 0.1) is 4.90 Å². The van der Waals surface area contributed by atoms with Crippen LogP contribution in [0.2, 0.25) is 5.02 Å². The minimum absolute atomic E-state index is 0.119. The summed E-state index contributed by atoms with van der Waals surface area (Å²) >= 11 is 5.84. The number of hydrogen-bond acceptors (Lipinski definition) is 4. The predicted molar refractivity (Wildman–Crippen MR) is 76.9 cm³/mol. The van der Waals surface area contributed by atoms with Crippen LogP contribution >= 0.6 is 11.6 Å². The van der Waals surface area contributed by atoms with Gasteiger partial charge in [-0.2, -0.15) is 0 Å². The normalized spacial score (nSPS) is 11.7. The fraction of sp³-hybridized carbons (Fsp3) is 0.500. The van der Waals surface area contributed by atoms with Gasteiger partial charge in [-0.15, -0.1) is 0 Å². The molecule has 19 heavy (non-hydrogen) atoms. The van der Waals surface area contributed by atoms with Gasteiger partial charge in [-0.25, -0.2) is 13.1 Å². The van der Waals surface area contributed by atoms with E-state index in [1.54, 1.807) is 6.92 Å². The Labute approximate surface area is 119 Å². The summed E-state index contributed by atoms with van der Waals surface area (Å²) in [4.78, 5) is 0.119. The van der Waals surface area contributed by atoms with Crippen LogP contribution in [0.25, 0.3) is 0 Å². The lowest BCUT2D eigenvalue weighted by molar-refractivity contribution is 0.146. The molecule has 1 aromatic rings. The average molecular weight is 307 g/mol. The summed E-state index contributed by atoms with van der Waals surface area (Å²) in [6.45, 7) is 5.00. The third-order valence-corrected chi connectivity index (χ3v) is 4.42. The fourth-order valence-electron chi connectivity index (χ4n) is 1.56. The quantitative estimate of drug-likeness (QED) is 0.596. The number of halogens is 1. The number of nitrogens with one attached hydrogen (secondary N) is 1. The summed E-state index contributed by atoms with van der Waals surface area (Å²) in [6.07, 6.45) is 0.613. The number of hydrogen-bond donors (Lipinski definition) is 2. The Hall–Kier alpha value is -0.820. The van der Waals surface area contributed by atoms with Crippen LogP contribution in [0, 0.1) is 6.92 Å². The van der Waals surface area contributed by atoms with E-state index in [9.17, 15) is 8.42 Å². The summed E-state index contributed by atoms with van der Waals surface area (Å²) in [5.74, 6) is 0. The van der Waals surface area contributed by atoms with E-state index in [1.165, 1.54) is 12.1 Å². The van der Waals surface area contributed by atoms with E-state index < -0.39 is 10.0 Å². The zero-order valence-corrected chi connectivity index (χ0v) is 12.6. The van der Waals surface area contributed by atoms with Gasteiger partial charge in [-0.05, 0) is 38.0 Å². The van der Waals surface area contributed by atoms with E-state index in [-0.39, 0.29) is 4.90 Å². The van der Waals surface area contributed by atoms with E-state index >= 15 is 0 Å². The number of anilines is 1. The Balaban J connectivity index is 2.78. The van der Waals surface area contributed by atoms with Gasteiger partial charge in [0.15, 0.2) is 0 Å². The average Bonchev–Trinajstić information content (AvgIpc) is 2.33. The lowest BCUT2D eigenvalue weighted by atomic mass is 10.2. The molecule has 0 spiro atoms. The molecular formula is C12H19ClN2O3S. The maximum Gasteiger partial charge on any atom is 0.240 e. The van der Waals surface area contributed by atoms with E-state index in [0.717, 1.165) is 0 Å². The first-order chi connectivity index (χ1) is 8.88. The first kappa shape index (κ1) is 16.2. The number of benzene rings is 1. The molecule has 1 aromatic carbocycles. The van der Waals surface area contributed by atoms with Gasteiger partial charge in [0.2, 0.25) is 10.0 Å². The molecule has 0 atom stereocenters. The van der Waals surface area contributed by atoms with E-state index in [1.807, 2.05) is 6.92 Å². The van der Waals surface area contributed by atoms with Crippen LogP contribution in [0.4, 0.5) is 5.69 Å². The summed E-state index contributed by atoms with van der Waals surface area (Å²) in [5, 5.41) is 0.304. The molecule has 0 heterocycles.